The van der Waals surface area contributed by atoms with E-state index >= 15 is 0 Å². The topological polar surface area (TPSA) is 51.2 Å². The van der Waals surface area contributed by atoms with E-state index in [4.69, 9.17) is 4.74 Å². The number of nitrogens with one attached hydrogen (secondary N) is 1. The van der Waals surface area contributed by atoms with Gasteiger partial charge in [0.1, 0.15) is 5.60 Å². The SMILES string of the molecule is CC(C)c1cnc(NC(=O)OC(C)(C)C)s1. The van der Waals surface area contributed by atoms with E-state index in [9.17, 15) is 4.79 Å². The molecule has 0 aliphatic carbocycles. The summed E-state index contributed by atoms with van der Waals surface area (Å²) in [6.07, 6.45) is 1.32. The lowest BCUT2D eigenvalue weighted by molar-refractivity contribution is 0.0636. The number of hydrogen-bond acceptors (Lipinski definition) is 4. The number of aromatic nitrogens is 1. The second kappa shape index (κ2) is 4.82. The first kappa shape index (κ1) is 13.0. The number of hydrogen-bond donors (Lipinski definition) is 1. The van der Waals surface area contributed by atoms with Crippen molar-refractivity contribution in [2.75, 3.05) is 5.32 Å². The number of carbonyl (C=O) groups excluding carboxylic acids is 1. The molecular formula is C11H18N2O2S. The molecule has 0 aliphatic heterocycles. The third kappa shape index (κ3) is 4.18. The Bertz CT molecular complexity index is 366. The molecule has 1 heterocycles. The number of rotatable bonds is 2. The van der Waals surface area contributed by atoms with Gasteiger partial charge in [-0.25, -0.2) is 9.78 Å². The van der Waals surface area contributed by atoms with Gasteiger partial charge in [0.15, 0.2) is 5.13 Å². The molecule has 0 atom stereocenters. The fourth-order valence-corrected chi connectivity index (χ4v) is 1.81. The lowest BCUT2D eigenvalue weighted by Crippen LogP contribution is -2.27. The summed E-state index contributed by atoms with van der Waals surface area (Å²) in [7, 11) is 0. The van der Waals surface area contributed by atoms with E-state index in [0.717, 1.165) is 4.88 Å². The standard InChI is InChI=1S/C11H18N2O2S/c1-7(2)8-6-12-9(16-8)13-10(14)15-11(3,4)5/h6-7H,1-5H3,(H,12,13,14). The molecule has 0 aliphatic rings. The van der Waals surface area contributed by atoms with E-state index < -0.39 is 11.7 Å². The molecule has 1 N–H and O–H groups in total. The van der Waals surface area contributed by atoms with Crippen LogP contribution in [0.1, 0.15) is 45.4 Å². The summed E-state index contributed by atoms with van der Waals surface area (Å²) in [5.41, 5.74) is -0.484. The Labute approximate surface area is 100 Å². The Morgan fingerprint density at radius 3 is 2.56 bits per heavy atom. The average molecular weight is 242 g/mol. The summed E-state index contributed by atoms with van der Waals surface area (Å²) in [6, 6.07) is 0. The van der Waals surface area contributed by atoms with Gasteiger partial charge < -0.3 is 4.74 Å². The predicted octanol–water partition coefficient (Wildman–Crippen LogP) is 3.61. The summed E-state index contributed by atoms with van der Waals surface area (Å²) < 4.78 is 5.13. The van der Waals surface area contributed by atoms with Gasteiger partial charge in [-0.05, 0) is 26.7 Å². The summed E-state index contributed by atoms with van der Waals surface area (Å²) in [5, 5.41) is 3.20. The van der Waals surface area contributed by atoms with Gasteiger partial charge in [0, 0.05) is 11.1 Å². The summed E-state index contributed by atoms with van der Waals surface area (Å²) in [5.74, 6) is 0.423. The van der Waals surface area contributed by atoms with E-state index in [2.05, 4.69) is 24.1 Å². The number of carbonyl (C=O) groups is 1. The zero-order valence-corrected chi connectivity index (χ0v) is 11.1. The Balaban J connectivity index is 2.57. The van der Waals surface area contributed by atoms with Crippen molar-refractivity contribution >= 4 is 22.6 Å². The first-order valence-electron chi connectivity index (χ1n) is 5.23. The van der Waals surface area contributed by atoms with Crippen molar-refractivity contribution in [2.45, 2.75) is 46.1 Å². The minimum atomic E-state index is -0.484. The average Bonchev–Trinajstić information content (AvgIpc) is 2.48. The molecule has 0 fully saturated rings. The van der Waals surface area contributed by atoms with E-state index in [1.165, 1.54) is 11.3 Å². The van der Waals surface area contributed by atoms with Crippen molar-refractivity contribution < 1.29 is 9.53 Å². The van der Waals surface area contributed by atoms with Crippen LogP contribution in [0, 0.1) is 0 Å². The smallest absolute Gasteiger partial charge is 0.413 e. The molecule has 0 bridgehead atoms. The monoisotopic (exact) mass is 242 g/mol. The van der Waals surface area contributed by atoms with Crippen molar-refractivity contribution in [3.05, 3.63) is 11.1 Å². The summed E-state index contributed by atoms with van der Waals surface area (Å²) >= 11 is 1.47. The van der Waals surface area contributed by atoms with Gasteiger partial charge in [-0.3, -0.25) is 5.32 Å². The van der Waals surface area contributed by atoms with Crippen molar-refractivity contribution in [2.24, 2.45) is 0 Å². The van der Waals surface area contributed by atoms with Crippen LogP contribution < -0.4 is 5.32 Å². The Kier molecular flexibility index (Phi) is 3.91. The summed E-state index contributed by atoms with van der Waals surface area (Å²) in [4.78, 5) is 16.7. The third-order valence-corrected chi connectivity index (χ3v) is 2.91. The van der Waals surface area contributed by atoms with E-state index in [1.54, 1.807) is 6.20 Å². The molecule has 16 heavy (non-hydrogen) atoms. The van der Waals surface area contributed by atoms with E-state index in [-0.39, 0.29) is 0 Å². The Morgan fingerprint density at radius 2 is 2.12 bits per heavy atom. The van der Waals surface area contributed by atoms with Crippen molar-refractivity contribution in [3.63, 3.8) is 0 Å². The van der Waals surface area contributed by atoms with Crippen LogP contribution >= 0.6 is 11.3 Å². The van der Waals surface area contributed by atoms with Gasteiger partial charge in [0.2, 0.25) is 0 Å². The number of ether oxygens (including phenoxy) is 1. The highest BCUT2D eigenvalue weighted by atomic mass is 32.1. The largest absolute Gasteiger partial charge is 0.444 e. The first-order valence-corrected chi connectivity index (χ1v) is 6.05. The maximum absolute atomic E-state index is 11.4. The van der Waals surface area contributed by atoms with Crippen LogP contribution in [0.2, 0.25) is 0 Å². The fourth-order valence-electron chi connectivity index (χ4n) is 1.00. The predicted molar refractivity (Wildman–Crippen MR) is 66.1 cm³/mol. The molecule has 1 rings (SSSR count). The maximum atomic E-state index is 11.4. The summed E-state index contributed by atoms with van der Waals surface area (Å²) in [6.45, 7) is 9.66. The first-order chi connectivity index (χ1) is 7.28. The second-order valence-corrected chi connectivity index (χ2v) is 5.91. The van der Waals surface area contributed by atoms with Gasteiger partial charge in [-0.1, -0.05) is 13.8 Å². The van der Waals surface area contributed by atoms with Gasteiger partial charge in [-0.15, -0.1) is 11.3 Å². The van der Waals surface area contributed by atoms with Gasteiger partial charge in [0.25, 0.3) is 0 Å². The fraction of sp³-hybridized carbons (Fsp3) is 0.636. The van der Waals surface area contributed by atoms with Gasteiger partial charge in [0.05, 0.1) is 0 Å². The number of anilines is 1. The Hall–Kier alpha value is -1.10. The zero-order valence-electron chi connectivity index (χ0n) is 10.3. The molecular weight excluding hydrogens is 224 g/mol. The second-order valence-electron chi connectivity index (χ2n) is 4.85. The highest BCUT2D eigenvalue weighted by Gasteiger charge is 2.17. The van der Waals surface area contributed by atoms with Crippen molar-refractivity contribution in [1.29, 1.82) is 0 Å². The minimum Gasteiger partial charge on any atom is -0.444 e. The molecule has 5 heteroatoms. The third-order valence-electron chi connectivity index (χ3n) is 1.70. The normalized spacial score (nSPS) is 11.6. The number of amides is 1. The highest BCUT2D eigenvalue weighted by Crippen LogP contribution is 2.25. The molecule has 0 spiro atoms. The van der Waals surface area contributed by atoms with Crippen molar-refractivity contribution in [1.82, 2.24) is 4.98 Å². The number of thiazole rings is 1. The highest BCUT2D eigenvalue weighted by molar-refractivity contribution is 7.15. The molecule has 4 nitrogen and oxygen atoms in total. The van der Waals surface area contributed by atoms with Crippen LogP contribution in [0.3, 0.4) is 0 Å². The van der Waals surface area contributed by atoms with Crippen LogP contribution in [-0.4, -0.2) is 16.7 Å². The lowest BCUT2D eigenvalue weighted by atomic mass is 10.2. The van der Waals surface area contributed by atoms with Crippen LogP contribution in [-0.2, 0) is 4.74 Å². The van der Waals surface area contributed by atoms with Crippen LogP contribution in [0.4, 0.5) is 9.93 Å². The molecule has 0 aromatic carbocycles. The molecule has 0 saturated heterocycles. The quantitative estimate of drug-likeness (QED) is 0.861. The van der Waals surface area contributed by atoms with Gasteiger partial charge in [-0.2, -0.15) is 0 Å². The molecule has 1 amide bonds. The molecule has 90 valence electrons. The van der Waals surface area contributed by atoms with Gasteiger partial charge >= 0.3 is 6.09 Å². The lowest BCUT2D eigenvalue weighted by Gasteiger charge is -2.18. The molecule has 0 radical (unpaired) electrons. The van der Waals surface area contributed by atoms with Crippen LogP contribution in [0.15, 0.2) is 6.20 Å². The van der Waals surface area contributed by atoms with E-state index in [1.807, 2.05) is 20.8 Å². The minimum absolute atomic E-state index is 0.423. The van der Waals surface area contributed by atoms with Crippen molar-refractivity contribution in [3.8, 4) is 0 Å². The molecule has 0 saturated carbocycles. The van der Waals surface area contributed by atoms with Crippen LogP contribution in [0.25, 0.3) is 0 Å². The molecule has 1 aromatic rings. The molecule has 0 unspecified atom stereocenters. The maximum Gasteiger partial charge on any atom is 0.413 e. The molecule has 1 aromatic heterocycles. The van der Waals surface area contributed by atoms with E-state index in [0.29, 0.717) is 11.0 Å². The Morgan fingerprint density at radius 1 is 1.50 bits per heavy atom. The van der Waals surface area contributed by atoms with Crippen LogP contribution in [0.5, 0.6) is 0 Å². The number of nitrogens with zero attached hydrogens (tertiary/aromatic N) is 1. The zero-order chi connectivity index (χ0) is 12.3.